The normalized spacial score (nSPS) is 18.3. The predicted octanol–water partition coefficient (Wildman–Crippen LogP) is 5.50. The van der Waals surface area contributed by atoms with Crippen LogP contribution in [0, 0.1) is 13.8 Å². The Morgan fingerprint density at radius 1 is 0.897 bits per heavy atom. The fourth-order valence-corrected chi connectivity index (χ4v) is 3.81. The maximum Gasteiger partial charge on any atom is 0.271 e. The number of carbonyl (C=O) groups excluding carboxylic acids is 1. The number of rotatable bonds is 5. The van der Waals surface area contributed by atoms with E-state index in [1.807, 2.05) is 61.5 Å². The van der Waals surface area contributed by atoms with E-state index in [1.165, 1.54) is 5.56 Å². The van der Waals surface area contributed by atoms with E-state index in [4.69, 9.17) is 21.1 Å². The molecule has 0 unspecified atom stereocenters. The first-order valence-electron chi connectivity index (χ1n) is 9.45. The van der Waals surface area contributed by atoms with E-state index in [-0.39, 0.29) is 11.9 Å². The van der Waals surface area contributed by atoms with Crippen LogP contribution in [0.3, 0.4) is 0 Å². The average molecular weight is 408 g/mol. The Hall–Kier alpha value is -2.98. The van der Waals surface area contributed by atoms with Crippen LogP contribution < -0.4 is 14.4 Å². The second kappa shape index (κ2) is 7.80. The van der Waals surface area contributed by atoms with Gasteiger partial charge in [-0.15, -0.1) is 0 Å². The van der Waals surface area contributed by atoms with Crippen LogP contribution in [-0.4, -0.2) is 19.1 Å². The van der Waals surface area contributed by atoms with Crippen molar-refractivity contribution in [1.29, 1.82) is 0 Å². The summed E-state index contributed by atoms with van der Waals surface area (Å²) in [6, 6.07) is 20.5. The highest BCUT2D eigenvalue weighted by molar-refractivity contribution is 6.31. The van der Waals surface area contributed by atoms with Gasteiger partial charge in [0.25, 0.3) is 5.91 Å². The number of amides is 1. The van der Waals surface area contributed by atoms with Crippen LogP contribution in [0.5, 0.6) is 11.5 Å². The number of halogens is 1. The van der Waals surface area contributed by atoms with E-state index < -0.39 is 6.10 Å². The molecule has 1 fully saturated rings. The maximum absolute atomic E-state index is 13.1. The first kappa shape index (κ1) is 19.3. The third-order valence-corrected chi connectivity index (χ3v) is 5.70. The SMILES string of the molecule is COc1ccc(O[C@@H]2C(=O)N(c3ccc(C)c(C)c3)[C@H]2c2ccccc2Cl)cc1. The maximum atomic E-state index is 13.1. The number of aryl methyl sites for hydroxylation is 2. The third kappa shape index (κ3) is 3.56. The zero-order valence-corrected chi connectivity index (χ0v) is 17.3. The number of benzene rings is 3. The Balaban J connectivity index is 1.70. The van der Waals surface area contributed by atoms with Crippen molar-refractivity contribution in [2.45, 2.75) is 26.0 Å². The number of ether oxygens (including phenoxy) is 2. The molecule has 0 spiro atoms. The summed E-state index contributed by atoms with van der Waals surface area (Å²) < 4.78 is 11.3. The Bertz CT molecular complexity index is 1050. The number of nitrogens with zero attached hydrogens (tertiary/aromatic N) is 1. The van der Waals surface area contributed by atoms with E-state index in [0.717, 1.165) is 22.6 Å². The quantitative estimate of drug-likeness (QED) is 0.524. The Kier molecular flexibility index (Phi) is 5.20. The smallest absolute Gasteiger partial charge is 0.271 e. The summed E-state index contributed by atoms with van der Waals surface area (Å²) in [5.41, 5.74) is 4.03. The van der Waals surface area contributed by atoms with Crippen LogP contribution in [0.4, 0.5) is 5.69 Å². The number of methoxy groups -OCH3 is 1. The first-order chi connectivity index (χ1) is 14.0. The van der Waals surface area contributed by atoms with Crippen LogP contribution >= 0.6 is 11.6 Å². The summed E-state index contributed by atoms with van der Waals surface area (Å²) in [5.74, 6) is 1.26. The van der Waals surface area contributed by atoms with E-state index in [2.05, 4.69) is 6.92 Å². The van der Waals surface area contributed by atoms with Gasteiger partial charge in [0.05, 0.1) is 7.11 Å². The minimum Gasteiger partial charge on any atom is -0.497 e. The monoisotopic (exact) mass is 407 g/mol. The van der Waals surface area contributed by atoms with Gasteiger partial charge in [-0.3, -0.25) is 9.69 Å². The molecule has 4 rings (SSSR count). The summed E-state index contributed by atoms with van der Waals surface area (Å²) in [5, 5.41) is 0.613. The molecule has 1 aliphatic heterocycles. The summed E-state index contributed by atoms with van der Waals surface area (Å²) >= 11 is 6.49. The largest absolute Gasteiger partial charge is 0.497 e. The van der Waals surface area contributed by atoms with Crippen molar-refractivity contribution in [2.24, 2.45) is 0 Å². The highest BCUT2D eigenvalue weighted by Crippen LogP contribution is 2.43. The minimum absolute atomic E-state index is 0.0889. The molecule has 2 atom stereocenters. The Morgan fingerprint density at radius 3 is 2.24 bits per heavy atom. The van der Waals surface area contributed by atoms with E-state index in [9.17, 15) is 4.79 Å². The molecular formula is C24H22ClNO3. The van der Waals surface area contributed by atoms with Gasteiger partial charge in [-0.2, -0.15) is 0 Å². The number of carbonyl (C=O) groups is 1. The second-order valence-electron chi connectivity index (χ2n) is 7.16. The van der Waals surface area contributed by atoms with Crippen LogP contribution in [0.2, 0.25) is 5.02 Å². The van der Waals surface area contributed by atoms with Crippen molar-refractivity contribution in [3.63, 3.8) is 0 Å². The van der Waals surface area contributed by atoms with Gasteiger partial charge in [0.15, 0.2) is 0 Å². The Labute approximate surface area is 175 Å². The molecule has 3 aromatic rings. The predicted molar refractivity (Wildman–Crippen MR) is 115 cm³/mol. The van der Waals surface area contributed by atoms with Crippen LogP contribution in [0.15, 0.2) is 66.7 Å². The molecule has 0 bridgehead atoms. The van der Waals surface area contributed by atoms with E-state index in [0.29, 0.717) is 10.8 Å². The van der Waals surface area contributed by atoms with Crippen molar-refractivity contribution in [3.8, 4) is 11.5 Å². The zero-order chi connectivity index (χ0) is 20.5. The minimum atomic E-state index is -0.648. The molecule has 0 N–H and O–H groups in total. The van der Waals surface area contributed by atoms with Gasteiger partial charge in [0.1, 0.15) is 17.5 Å². The molecule has 29 heavy (non-hydrogen) atoms. The van der Waals surface area contributed by atoms with Gasteiger partial charge in [0.2, 0.25) is 6.10 Å². The number of hydrogen-bond acceptors (Lipinski definition) is 3. The molecule has 0 aromatic heterocycles. The molecule has 1 amide bonds. The first-order valence-corrected chi connectivity index (χ1v) is 9.83. The average Bonchev–Trinajstić information content (AvgIpc) is 2.73. The fourth-order valence-electron chi connectivity index (χ4n) is 3.56. The lowest BCUT2D eigenvalue weighted by Gasteiger charge is -2.47. The van der Waals surface area contributed by atoms with Crippen molar-refractivity contribution in [2.75, 3.05) is 12.0 Å². The lowest BCUT2D eigenvalue weighted by molar-refractivity contribution is -0.135. The van der Waals surface area contributed by atoms with Gasteiger partial charge >= 0.3 is 0 Å². The third-order valence-electron chi connectivity index (χ3n) is 5.36. The van der Waals surface area contributed by atoms with Gasteiger partial charge in [-0.1, -0.05) is 35.9 Å². The highest BCUT2D eigenvalue weighted by atomic mass is 35.5. The molecule has 148 valence electrons. The standard InChI is InChI=1S/C24H22ClNO3/c1-15-8-9-17(14-16(15)2)26-22(20-6-4-5-7-21(20)25)23(24(26)27)29-19-12-10-18(28-3)11-13-19/h4-14,22-23H,1-3H3/t22-,23-/m0/s1. The molecule has 4 nitrogen and oxygen atoms in total. The number of hydrogen-bond donors (Lipinski definition) is 0. The summed E-state index contributed by atoms with van der Waals surface area (Å²) in [7, 11) is 1.61. The van der Waals surface area contributed by atoms with Gasteiger partial charge in [-0.05, 0) is 73.0 Å². The van der Waals surface area contributed by atoms with Gasteiger partial charge in [-0.25, -0.2) is 0 Å². The number of anilines is 1. The van der Waals surface area contributed by atoms with Crippen LogP contribution in [0.25, 0.3) is 0 Å². The van der Waals surface area contributed by atoms with Crippen molar-refractivity contribution >= 4 is 23.2 Å². The molecule has 5 heteroatoms. The van der Waals surface area contributed by atoms with Crippen molar-refractivity contribution in [3.05, 3.63) is 88.4 Å². The van der Waals surface area contributed by atoms with E-state index >= 15 is 0 Å². The van der Waals surface area contributed by atoms with E-state index in [1.54, 1.807) is 24.1 Å². The molecule has 0 aliphatic carbocycles. The van der Waals surface area contributed by atoms with Crippen LogP contribution in [0.1, 0.15) is 22.7 Å². The lowest BCUT2D eigenvalue weighted by Crippen LogP contribution is -2.61. The highest BCUT2D eigenvalue weighted by Gasteiger charge is 2.51. The zero-order valence-electron chi connectivity index (χ0n) is 16.6. The second-order valence-corrected chi connectivity index (χ2v) is 7.56. The van der Waals surface area contributed by atoms with Crippen molar-refractivity contribution in [1.82, 2.24) is 0 Å². The fraction of sp³-hybridized carbons (Fsp3) is 0.208. The molecule has 0 saturated carbocycles. The number of β-lactam (4-membered cyclic amide) rings is 1. The topological polar surface area (TPSA) is 38.8 Å². The summed E-state index contributed by atoms with van der Waals surface area (Å²) in [6.45, 7) is 4.09. The molecule has 1 aliphatic rings. The molecule has 0 radical (unpaired) electrons. The molecule has 1 heterocycles. The molecular weight excluding hydrogens is 386 g/mol. The summed E-state index contributed by atoms with van der Waals surface area (Å²) in [6.07, 6.45) is -0.648. The molecule has 1 saturated heterocycles. The molecule has 3 aromatic carbocycles. The van der Waals surface area contributed by atoms with Crippen molar-refractivity contribution < 1.29 is 14.3 Å². The van der Waals surface area contributed by atoms with Gasteiger partial charge in [0, 0.05) is 10.7 Å². The lowest BCUT2D eigenvalue weighted by atomic mass is 9.89. The van der Waals surface area contributed by atoms with Crippen LogP contribution in [-0.2, 0) is 4.79 Å². The Morgan fingerprint density at radius 2 is 1.59 bits per heavy atom. The summed E-state index contributed by atoms with van der Waals surface area (Å²) in [4.78, 5) is 14.9. The van der Waals surface area contributed by atoms with Gasteiger partial charge < -0.3 is 9.47 Å².